The lowest BCUT2D eigenvalue weighted by atomic mass is 10.1. The minimum absolute atomic E-state index is 0.0174. The molecule has 1 fully saturated rings. The topological polar surface area (TPSA) is 69.8 Å². The summed E-state index contributed by atoms with van der Waals surface area (Å²) in [6.45, 7) is 4.07. The minimum atomic E-state index is 0.0174. The molecule has 6 heteroatoms. The molecule has 0 aromatic heterocycles. The van der Waals surface area contributed by atoms with Gasteiger partial charge in [-0.1, -0.05) is 24.3 Å². The Hall–Kier alpha value is -3.04. The predicted octanol–water partition coefficient (Wildman–Crippen LogP) is 1.10. The summed E-state index contributed by atoms with van der Waals surface area (Å²) in [5.74, 6) is 0.905. The Morgan fingerprint density at radius 3 is 2.56 bits per heavy atom. The van der Waals surface area contributed by atoms with E-state index in [1.807, 2.05) is 42.5 Å². The number of piperazine rings is 1. The number of nitrogens with one attached hydrogen (secondary N) is 2. The van der Waals surface area contributed by atoms with E-state index in [0.717, 1.165) is 48.9 Å². The smallest absolute Gasteiger partial charge is 0.279 e. The summed E-state index contributed by atoms with van der Waals surface area (Å²) in [5.41, 5.74) is 2.84. The van der Waals surface area contributed by atoms with Crippen molar-refractivity contribution in [3.05, 3.63) is 54.1 Å². The number of rotatable bonds is 6. The summed E-state index contributed by atoms with van der Waals surface area (Å²) in [5, 5.41) is 11.6. The van der Waals surface area contributed by atoms with Crippen LogP contribution in [0.25, 0.3) is 0 Å². The first-order valence-electron chi connectivity index (χ1n) is 9.17. The molecular weight excluding hydrogens is 340 g/mol. The number of carbonyl (C=O) groups excluding carboxylic acids is 1. The second-order valence-corrected chi connectivity index (χ2v) is 6.67. The Balaban J connectivity index is 1.48. The zero-order valence-corrected chi connectivity index (χ0v) is 15.6. The molecule has 0 bridgehead atoms. The molecule has 2 N–H and O–H groups in total. The number of quaternary nitrogens is 1. The van der Waals surface area contributed by atoms with E-state index in [2.05, 4.69) is 22.4 Å². The number of benzene rings is 2. The highest BCUT2D eigenvalue weighted by molar-refractivity contribution is 5.91. The summed E-state index contributed by atoms with van der Waals surface area (Å²) in [7, 11) is 1.69. The molecule has 140 valence electrons. The van der Waals surface area contributed by atoms with E-state index in [1.165, 1.54) is 4.90 Å². The van der Waals surface area contributed by atoms with Crippen LogP contribution in [0.2, 0.25) is 0 Å². The fourth-order valence-corrected chi connectivity index (χ4v) is 3.36. The lowest BCUT2D eigenvalue weighted by Gasteiger charge is -2.34. The Bertz CT molecular complexity index is 806. The Morgan fingerprint density at radius 2 is 1.89 bits per heavy atom. The van der Waals surface area contributed by atoms with Gasteiger partial charge in [0, 0.05) is 5.69 Å². The number of carbonyl (C=O) groups is 1. The molecule has 0 saturated carbocycles. The highest BCUT2D eigenvalue weighted by atomic mass is 16.5. The molecule has 1 aliphatic heterocycles. The number of hydrogen-bond acceptors (Lipinski definition) is 4. The Kier molecular flexibility index (Phi) is 6.29. The van der Waals surface area contributed by atoms with Crippen LogP contribution in [0.5, 0.6) is 5.75 Å². The lowest BCUT2D eigenvalue weighted by Crippen LogP contribution is -3.15. The van der Waals surface area contributed by atoms with E-state index in [9.17, 15) is 4.79 Å². The molecule has 0 atom stereocenters. The average Bonchev–Trinajstić information content (AvgIpc) is 2.70. The van der Waals surface area contributed by atoms with Crippen LogP contribution in [0.4, 0.5) is 11.4 Å². The van der Waals surface area contributed by atoms with E-state index in [1.54, 1.807) is 7.11 Å². The van der Waals surface area contributed by atoms with Gasteiger partial charge in [0.05, 0.1) is 51.5 Å². The highest BCUT2D eigenvalue weighted by Gasteiger charge is 2.23. The minimum Gasteiger partial charge on any atom is -0.495 e. The molecule has 1 aliphatic rings. The fraction of sp³-hybridized carbons (Fsp3) is 0.333. The maximum absolute atomic E-state index is 12.3. The molecule has 2 aromatic rings. The first-order valence-corrected chi connectivity index (χ1v) is 9.17. The normalized spacial score (nSPS) is 14.4. The number of anilines is 2. The SMILES string of the molecule is COc1ccccc1N1CC[NH+](CC(=O)Nc2ccc(CC#N)cc2)CC1. The van der Waals surface area contributed by atoms with Crippen LogP contribution in [-0.2, 0) is 11.2 Å². The number of hydrogen-bond donors (Lipinski definition) is 2. The van der Waals surface area contributed by atoms with E-state index in [4.69, 9.17) is 10.00 Å². The first kappa shape index (κ1) is 18.7. The highest BCUT2D eigenvalue weighted by Crippen LogP contribution is 2.27. The van der Waals surface area contributed by atoms with Crippen molar-refractivity contribution in [1.29, 1.82) is 5.26 Å². The number of nitriles is 1. The number of ether oxygens (including phenoxy) is 1. The zero-order valence-electron chi connectivity index (χ0n) is 15.6. The van der Waals surface area contributed by atoms with Crippen molar-refractivity contribution in [2.45, 2.75) is 6.42 Å². The van der Waals surface area contributed by atoms with Crippen molar-refractivity contribution in [3.63, 3.8) is 0 Å². The van der Waals surface area contributed by atoms with E-state index in [-0.39, 0.29) is 5.91 Å². The molecule has 0 aliphatic carbocycles. The van der Waals surface area contributed by atoms with Gasteiger partial charge in [-0.3, -0.25) is 4.79 Å². The molecule has 27 heavy (non-hydrogen) atoms. The standard InChI is InChI=1S/C21H24N4O2/c1-27-20-5-3-2-4-19(20)25-14-12-24(13-15-25)16-21(26)23-18-8-6-17(7-9-18)10-11-22/h2-9H,10,12-16H2,1H3,(H,23,26)/p+1. The summed E-state index contributed by atoms with van der Waals surface area (Å²) in [6.07, 6.45) is 0.384. The van der Waals surface area contributed by atoms with E-state index < -0.39 is 0 Å². The van der Waals surface area contributed by atoms with Crippen LogP contribution in [-0.4, -0.2) is 45.7 Å². The van der Waals surface area contributed by atoms with Crippen molar-refractivity contribution in [1.82, 2.24) is 0 Å². The van der Waals surface area contributed by atoms with Gasteiger partial charge in [-0.25, -0.2) is 0 Å². The summed E-state index contributed by atoms with van der Waals surface area (Å²) >= 11 is 0. The van der Waals surface area contributed by atoms with Crippen molar-refractivity contribution in [3.8, 4) is 11.8 Å². The number of para-hydroxylation sites is 2. The third-order valence-electron chi connectivity index (χ3n) is 4.83. The molecule has 6 nitrogen and oxygen atoms in total. The van der Waals surface area contributed by atoms with Crippen molar-refractivity contribution < 1.29 is 14.4 Å². The third-order valence-corrected chi connectivity index (χ3v) is 4.83. The maximum atomic E-state index is 12.3. The first-order chi connectivity index (χ1) is 13.2. The van der Waals surface area contributed by atoms with Gasteiger partial charge in [-0.15, -0.1) is 0 Å². The predicted molar refractivity (Wildman–Crippen MR) is 105 cm³/mol. The molecule has 1 heterocycles. The van der Waals surface area contributed by atoms with Gasteiger partial charge in [-0.05, 0) is 29.8 Å². The summed E-state index contributed by atoms with van der Waals surface area (Å²) < 4.78 is 5.45. The molecule has 0 spiro atoms. The maximum Gasteiger partial charge on any atom is 0.279 e. The van der Waals surface area contributed by atoms with Crippen molar-refractivity contribution in [2.75, 3.05) is 50.1 Å². The second-order valence-electron chi connectivity index (χ2n) is 6.67. The largest absolute Gasteiger partial charge is 0.495 e. The van der Waals surface area contributed by atoms with Gasteiger partial charge >= 0.3 is 0 Å². The zero-order chi connectivity index (χ0) is 19.1. The number of nitrogens with zero attached hydrogens (tertiary/aromatic N) is 2. The van der Waals surface area contributed by atoms with Crippen LogP contribution in [0.3, 0.4) is 0 Å². The van der Waals surface area contributed by atoms with Gasteiger partial charge in [0.25, 0.3) is 5.91 Å². The number of amides is 1. The molecule has 0 radical (unpaired) electrons. The van der Waals surface area contributed by atoms with E-state index in [0.29, 0.717) is 13.0 Å². The summed E-state index contributed by atoms with van der Waals surface area (Å²) in [6, 6.07) is 17.6. The van der Waals surface area contributed by atoms with Gasteiger partial charge in [-0.2, -0.15) is 5.26 Å². The molecular formula is C21H25N4O2+. The van der Waals surface area contributed by atoms with Gasteiger partial charge in [0.2, 0.25) is 0 Å². The fourth-order valence-electron chi connectivity index (χ4n) is 3.36. The second kappa shape index (κ2) is 9.06. The Labute approximate surface area is 160 Å². The third kappa shape index (κ3) is 4.99. The summed E-state index contributed by atoms with van der Waals surface area (Å²) in [4.78, 5) is 15.9. The van der Waals surface area contributed by atoms with E-state index >= 15 is 0 Å². The molecule has 1 saturated heterocycles. The van der Waals surface area contributed by atoms with Crippen LogP contribution in [0, 0.1) is 11.3 Å². The Morgan fingerprint density at radius 1 is 1.19 bits per heavy atom. The van der Waals surface area contributed by atoms with Crippen LogP contribution >= 0.6 is 0 Å². The number of methoxy groups -OCH3 is 1. The average molecular weight is 365 g/mol. The van der Waals surface area contributed by atoms with Gasteiger partial charge in [0.1, 0.15) is 5.75 Å². The molecule has 1 amide bonds. The molecule has 0 unspecified atom stereocenters. The molecule has 2 aromatic carbocycles. The molecule has 3 rings (SSSR count). The van der Waals surface area contributed by atoms with Crippen LogP contribution in [0.1, 0.15) is 5.56 Å². The quantitative estimate of drug-likeness (QED) is 0.805. The lowest BCUT2D eigenvalue weighted by molar-refractivity contribution is -0.892. The van der Waals surface area contributed by atoms with Gasteiger partial charge < -0.3 is 19.9 Å². The van der Waals surface area contributed by atoms with Crippen molar-refractivity contribution in [2.24, 2.45) is 0 Å². The van der Waals surface area contributed by atoms with Crippen LogP contribution < -0.4 is 19.9 Å². The monoisotopic (exact) mass is 365 g/mol. The van der Waals surface area contributed by atoms with Crippen molar-refractivity contribution >= 4 is 17.3 Å². The van der Waals surface area contributed by atoms with Crippen LogP contribution in [0.15, 0.2) is 48.5 Å². The van der Waals surface area contributed by atoms with Gasteiger partial charge in [0.15, 0.2) is 6.54 Å².